The maximum absolute atomic E-state index is 14.5. The van der Waals surface area contributed by atoms with Gasteiger partial charge in [0, 0.05) is 11.1 Å². The Labute approximate surface area is 131 Å². The molecule has 1 heterocycles. The van der Waals surface area contributed by atoms with Crippen molar-refractivity contribution in [3.8, 4) is 11.1 Å². The van der Waals surface area contributed by atoms with Crippen molar-refractivity contribution >= 4 is 11.9 Å². The molecular formula is C18H13FN2O2. The molecular weight excluding hydrogens is 295 g/mol. The SMILES string of the molecule is O=C1NC(=O)C2(N1)c1cc(C3CC3)ccc1-c1c(F)cccc12. The first-order chi connectivity index (χ1) is 11.1. The quantitative estimate of drug-likeness (QED) is 0.796. The third-order valence-electron chi connectivity index (χ3n) is 5.05. The van der Waals surface area contributed by atoms with E-state index >= 15 is 0 Å². The molecule has 0 aromatic heterocycles. The van der Waals surface area contributed by atoms with E-state index in [0.29, 0.717) is 28.2 Å². The third kappa shape index (κ3) is 1.49. The van der Waals surface area contributed by atoms with Crippen LogP contribution in [0.5, 0.6) is 0 Å². The molecule has 23 heavy (non-hydrogen) atoms. The highest BCUT2D eigenvalue weighted by atomic mass is 19.1. The summed E-state index contributed by atoms with van der Waals surface area (Å²) < 4.78 is 14.5. The first-order valence-corrected chi connectivity index (χ1v) is 7.68. The van der Waals surface area contributed by atoms with Crippen LogP contribution in [-0.4, -0.2) is 11.9 Å². The Morgan fingerprint density at radius 3 is 2.61 bits per heavy atom. The molecule has 2 aliphatic carbocycles. The molecule has 5 heteroatoms. The van der Waals surface area contributed by atoms with Gasteiger partial charge in [0.05, 0.1) is 0 Å². The van der Waals surface area contributed by atoms with E-state index in [9.17, 15) is 14.0 Å². The molecule has 3 amide bonds. The summed E-state index contributed by atoms with van der Waals surface area (Å²) >= 11 is 0. The van der Waals surface area contributed by atoms with E-state index in [4.69, 9.17) is 0 Å². The largest absolute Gasteiger partial charge is 0.322 e. The Kier molecular flexibility index (Phi) is 2.22. The van der Waals surface area contributed by atoms with Crippen molar-refractivity contribution < 1.29 is 14.0 Å². The van der Waals surface area contributed by atoms with Gasteiger partial charge >= 0.3 is 6.03 Å². The lowest BCUT2D eigenvalue weighted by Gasteiger charge is -2.23. The molecule has 1 saturated heterocycles. The Morgan fingerprint density at radius 2 is 1.91 bits per heavy atom. The minimum absolute atomic E-state index is 0.381. The van der Waals surface area contributed by atoms with Crippen LogP contribution in [0.25, 0.3) is 11.1 Å². The maximum Gasteiger partial charge on any atom is 0.322 e. The molecule has 0 bridgehead atoms. The summed E-state index contributed by atoms with van der Waals surface area (Å²) in [5.74, 6) is -0.319. The zero-order valence-corrected chi connectivity index (χ0v) is 12.2. The molecule has 2 aromatic rings. The van der Waals surface area contributed by atoms with Crippen LogP contribution in [0.1, 0.15) is 35.4 Å². The lowest BCUT2D eigenvalue weighted by Crippen LogP contribution is -2.43. The Morgan fingerprint density at radius 1 is 1.09 bits per heavy atom. The van der Waals surface area contributed by atoms with Gasteiger partial charge in [-0.15, -0.1) is 0 Å². The third-order valence-corrected chi connectivity index (χ3v) is 5.05. The van der Waals surface area contributed by atoms with Crippen LogP contribution in [0.2, 0.25) is 0 Å². The topological polar surface area (TPSA) is 58.2 Å². The predicted octanol–water partition coefficient (Wildman–Crippen LogP) is 2.77. The van der Waals surface area contributed by atoms with E-state index in [0.717, 1.165) is 18.4 Å². The summed E-state index contributed by atoms with van der Waals surface area (Å²) in [7, 11) is 0. The first kappa shape index (κ1) is 12.8. The van der Waals surface area contributed by atoms with Gasteiger partial charge in [-0.05, 0) is 41.5 Å². The van der Waals surface area contributed by atoms with E-state index in [1.807, 2.05) is 18.2 Å². The molecule has 2 fully saturated rings. The number of benzene rings is 2. The molecule has 3 aliphatic rings. The van der Waals surface area contributed by atoms with E-state index in [1.54, 1.807) is 12.1 Å². The minimum atomic E-state index is -1.31. The second-order valence-electron chi connectivity index (χ2n) is 6.40. The van der Waals surface area contributed by atoms with Gasteiger partial charge in [-0.2, -0.15) is 0 Å². The number of imide groups is 1. The van der Waals surface area contributed by atoms with Gasteiger partial charge in [-0.3, -0.25) is 10.1 Å². The van der Waals surface area contributed by atoms with Gasteiger partial charge in [0.25, 0.3) is 5.91 Å². The summed E-state index contributed by atoms with van der Waals surface area (Å²) in [6.45, 7) is 0. The van der Waals surface area contributed by atoms with Gasteiger partial charge in [-0.1, -0.05) is 30.3 Å². The highest BCUT2D eigenvalue weighted by Crippen LogP contribution is 2.51. The molecule has 1 unspecified atom stereocenters. The summed E-state index contributed by atoms with van der Waals surface area (Å²) in [5.41, 5.74) is 2.09. The van der Waals surface area contributed by atoms with Crippen LogP contribution < -0.4 is 10.6 Å². The number of carbonyl (C=O) groups is 2. The number of hydrogen-bond donors (Lipinski definition) is 2. The molecule has 1 aliphatic heterocycles. The summed E-state index contributed by atoms with van der Waals surface area (Å²) in [6, 6.07) is 9.94. The fourth-order valence-corrected chi connectivity index (χ4v) is 3.85. The van der Waals surface area contributed by atoms with Crippen LogP contribution >= 0.6 is 0 Å². The van der Waals surface area contributed by atoms with Crippen LogP contribution in [0.15, 0.2) is 36.4 Å². The molecule has 114 valence electrons. The standard InChI is InChI=1S/C18H13FN2O2/c19-14-3-1-2-12-15(14)11-7-6-10(9-4-5-9)8-13(11)18(12)16(22)20-17(23)21-18/h1-3,6-9H,4-5H2,(H2,20,21,22,23). The highest BCUT2D eigenvalue weighted by Gasteiger charge is 2.55. The fraction of sp³-hybridized carbons (Fsp3) is 0.222. The lowest BCUT2D eigenvalue weighted by molar-refractivity contribution is -0.122. The fourth-order valence-electron chi connectivity index (χ4n) is 3.85. The monoisotopic (exact) mass is 308 g/mol. The van der Waals surface area contributed by atoms with Crippen molar-refractivity contribution in [1.82, 2.24) is 10.6 Å². The van der Waals surface area contributed by atoms with E-state index in [-0.39, 0.29) is 5.82 Å². The molecule has 2 aromatic carbocycles. The molecule has 4 nitrogen and oxygen atoms in total. The predicted molar refractivity (Wildman–Crippen MR) is 81.3 cm³/mol. The molecule has 1 atom stereocenters. The van der Waals surface area contributed by atoms with Gasteiger partial charge in [-0.25, -0.2) is 9.18 Å². The molecule has 2 N–H and O–H groups in total. The number of rotatable bonds is 1. The number of urea groups is 1. The number of amides is 3. The Balaban J connectivity index is 1.86. The van der Waals surface area contributed by atoms with Gasteiger partial charge in [0.1, 0.15) is 5.82 Å². The number of hydrogen-bond acceptors (Lipinski definition) is 2. The first-order valence-electron chi connectivity index (χ1n) is 7.68. The molecule has 1 saturated carbocycles. The average molecular weight is 308 g/mol. The molecule has 0 radical (unpaired) electrons. The van der Waals surface area contributed by atoms with Crippen molar-refractivity contribution in [2.45, 2.75) is 24.3 Å². The van der Waals surface area contributed by atoms with E-state index in [2.05, 4.69) is 10.6 Å². The zero-order chi connectivity index (χ0) is 15.8. The zero-order valence-electron chi connectivity index (χ0n) is 12.2. The number of nitrogens with one attached hydrogen (secondary N) is 2. The maximum atomic E-state index is 14.5. The van der Waals surface area contributed by atoms with Crippen molar-refractivity contribution in [3.63, 3.8) is 0 Å². The normalized spacial score (nSPS) is 24.4. The Hall–Kier alpha value is -2.69. The van der Waals surface area contributed by atoms with Gasteiger partial charge in [0.15, 0.2) is 5.54 Å². The van der Waals surface area contributed by atoms with Crippen LogP contribution in [0, 0.1) is 5.82 Å². The highest BCUT2D eigenvalue weighted by molar-refractivity contribution is 6.13. The average Bonchev–Trinajstić information content (AvgIpc) is 3.28. The summed E-state index contributed by atoms with van der Waals surface area (Å²) in [4.78, 5) is 24.4. The van der Waals surface area contributed by atoms with Gasteiger partial charge in [0.2, 0.25) is 0 Å². The van der Waals surface area contributed by atoms with Crippen LogP contribution in [0.3, 0.4) is 0 Å². The molecule has 5 rings (SSSR count). The number of halogens is 1. The lowest BCUT2D eigenvalue weighted by atomic mass is 9.86. The van der Waals surface area contributed by atoms with Crippen molar-refractivity contribution in [1.29, 1.82) is 0 Å². The number of carbonyl (C=O) groups excluding carboxylic acids is 2. The smallest absolute Gasteiger partial charge is 0.316 e. The van der Waals surface area contributed by atoms with Crippen molar-refractivity contribution in [2.75, 3.05) is 0 Å². The minimum Gasteiger partial charge on any atom is -0.316 e. The van der Waals surface area contributed by atoms with Gasteiger partial charge < -0.3 is 5.32 Å². The Bertz CT molecular complexity index is 904. The van der Waals surface area contributed by atoms with E-state index in [1.165, 1.54) is 6.07 Å². The summed E-state index contributed by atoms with van der Waals surface area (Å²) in [6.07, 6.45) is 2.26. The van der Waals surface area contributed by atoms with Crippen molar-refractivity contribution in [2.24, 2.45) is 0 Å². The molecule has 1 spiro atoms. The van der Waals surface area contributed by atoms with E-state index < -0.39 is 17.5 Å². The second kappa shape index (κ2) is 3.98. The van der Waals surface area contributed by atoms with Crippen LogP contribution in [0.4, 0.5) is 9.18 Å². The second-order valence-corrected chi connectivity index (χ2v) is 6.40. The van der Waals surface area contributed by atoms with Crippen LogP contribution in [-0.2, 0) is 10.3 Å². The number of fused-ring (bicyclic) bond motifs is 5. The van der Waals surface area contributed by atoms with Crippen molar-refractivity contribution in [3.05, 3.63) is 58.9 Å². The summed E-state index contributed by atoms with van der Waals surface area (Å²) in [5, 5.41) is 5.04.